The van der Waals surface area contributed by atoms with E-state index >= 15 is 0 Å². The van der Waals surface area contributed by atoms with Crippen LogP contribution in [0.3, 0.4) is 0 Å². The van der Waals surface area contributed by atoms with Crippen LogP contribution in [0.5, 0.6) is 0 Å². The predicted octanol–water partition coefficient (Wildman–Crippen LogP) is 4.90. The number of ketones is 1. The van der Waals surface area contributed by atoms with Gasteiger partial charge in [0.05, 0.1) is 0 Å². The Labute approximate surface area is 159 Å². The van der Waals surface area contributed by atoms with Gasteiger partial charge in [-0.25, -0.2) is 0 Å². The summed E-state index contributed by atoms with van der Waals surface area (Å²) in [5, 5.41) is 3.55. The highest BCUT2D eigenvalue weighted by molar-refractivity contribution is 6.08. The van der Waals surface area contributed by atoms with E-state index in [1.807, 2.05) is 48.7 Å². The fourth-order valence-corrected chi connectivity index (χ4v) is 3.58. The summed E-state index contributed by atoms with van der Waals surface area (Å²) in [6.45, 7) is 4.32. The zero-order valence-corrected chi connectivity index (χ0v) is 15.6. The molecule has 1 aromatic heterocycles. The van der Waals surface area contributed by atoms with Gasteiger partial charge in [0.1, 0.15) is 0 Å². The van der Waals surface area contributed by atoms with Crippen molar-refractivity contribution in [3.63, 3.8) is 0 Å². The Hall–Kier alpha value is -3.20. The van der Waals surface area contributed by atoms with E-state index in [0.29, 0.717) is 5.56 Å². The number of nitrogens with one attached hydrogen (secondary N) is 1. The van der Waals surface area contributed by atoms with Crippen LogP contribution >= 0.6 is 0 Å². The maximum Gasteiger partial charge on any atom is 0.187 e. The molecule has 27 heavy (non-hydrogen) atoms. The molecule has 4 rings (SSSR count). The van der Waals surface area contributed by atoms with Crippen LogP contribution in [0, 0.1) is 0 Å². The molecule has 3 nitrogen and oxygen atoms in total. The van der Waals surface area contributed by atoms with E-state index in [2.05, 4.69) is 42.3 Å². The molecule has 1 aliphatic rings. The first-order chi connectivity index (χ1) is 13.0. The SMILES string of the molecule is CC1(C)Cc2ccc(-c3cccnc3)cc2/C(=C/C(=O)c2ccccc2)N1. The second-order valence-corrected chi connectivity index (χ2v) is 7.59. The molecular formula is C24H22N2O. The first-order valence-electron chi connectivity index (χ1n) is 9.15. The standard InChI is InChI=1S/C24H22N2O/c1-24(2)15-19-11-10-18(20-9-6-12-25-16-20)13-21(19)22(26-24)14-23(27)17-7-4-3-5-8-17/h3-14,16,26H,15H2,1-2H3/b22-14-. The number of aromatic nitrogens is 1. The molecule has 0 atom stereocenters. The summed E-state index contributed by atoms with van der Waals surface area (Å²) in [4.78, 5) is 17.0. The van der Waals surface area contributed by atoms with Crippen LogP contribution in [0.25, 0.3) is 16.8 Å². The number of carbonyl (C=O) groups excluding carboxylic acids is 1. The predicted molar refractivity (Wildman–Crippen MR) is 109 cm³/mol. The number of hydrogen-bond acceptors (Lipinski definition) is 3. The second kappa shape index (κ2) is 6.84. The van der Waals surface area contributed by atoms with E-state index < -0.39 is 0 Å². The Balaban J connectivity index is 1.79. The van der Waals surface area contributed by atoms with Gasteiger partial charge in [-0.3, -0.25) is 9.78 Å². The molecular weight excluding hydrogens is 332 g/mol. The Kier molecular flexibility index (Phi) is 4.36. The third kappa shape index (κ3) is 3.68. The van der Waals surface area contributed by atoms with Gasteiger partial charge in [0.2, 0.25) is 0 Å². The lowest BCUT2D eigenvalue weighted by Crippen LogP contribution is -2.43. The molecule has 0 saturated carbocycles. The fourth-order valence-electron chi connectivity index (χ4n) is 3.58. The van der Waals surface area contributed by atoms with Crippen molar-refractivity contribution < 1.29 is 4.79 Å². The van der Waals surface area contributed by atoms with E-state index in [0.717, 1.165) is 28.8 Å². The van der Waals surface area contributed by atoms with Gasteiger partial charge in [-0.2, -0.15) is 0 Å². The Morgan fingerprint density at radius 1 is 1.04 bits per heavy atom. The first kappa shape index (κ1) is 17.2. The molecule has 134 valence electrons. The number of pyridine rings is 1. The maximum atomic E-state index is 12.8. The lowest BCUT2D eigenvalue weighted by atomic mass is 9.84. The third-order valence-corrected chi connectivity index (χ3v) is 4.83. The Morgan fingerprint density at radius 3 is 2.59 bits per heavy atom. The van der Waals surface area contributed by atoms with Crippen LogP contribution in [-0.4, -0.2) is 16.3 Å². The van der Waals surface area contributed by atoms with Gasteiger partial charge in [0.25, 0.3) is 0 Å². The maximum absolute atomic E-state index is 12.8. The summed E-state index contributed by atoms with van der Waals surface area (Å²) in [5.41, 5.74) is 5.96. The van der Waals surface area contributed by atoms with Gasteiger partial charge in [0, 0.05) is 46.4 Å². The summed E-state index contributed by atoms with van der Waals surface area (Å²) in [6, 6.07) is 19.8. The molecule has 0 spiro atoms. The molecule has 3 heteroatoms. The molecule has 0 saturated heterocycles. The van der Waals surface area contributed by atoms with Gasteiger partial charge in [-0.15, -0.1) is 0 Å². The average Bonchev–Trinajstić information content (AvgIpc) is 2.68. The van der Waals surface area contributed by atoms with E-state index in [4.69, 9.17) is 0 Å². The van der Waals surface area contributed by atoms with Crippen molar-refractivity contribution in [1.29, 1.82) is 0 Å². The molecule has 1 N–H and O–H groups in total. The van der Waals surface area contributed by atoms with Crippen LogP contribution in [-0.2, 0) is 6.42 Å². The topological polar surface area (TPSA) is 42.0 Å². The summed E-state index contributed by atoms with van der Waals surface area (Å²) in [7, 11) is 0. The zero-order valence-electron chi connectivity index (χ0n) is 15.6. The molecule has 0 unspecified atom stereocenters. The fraction of sp³-hybridized carbons (Fsp3) is 0.167. The quantitative estimate of drug-likeness (QED) is 0.537. The molecule has 0 aliphatic carbocycles. The lowest BCUT2D eigenvalue weighted by Gasteiger charge is -2.36. The first-order valence-corrected chi connectivity index (χ1v) is 9.15. The largest absolute Gasteiger partial charge is 0.379 e. The van der Waals surface area contributed by atoms with E-state index in [1.54, 1.807) is 12.3 Å². The summed E-state index contributed by atoms with van der Waals surface area (Å²) < 4.78 is 0. The van der Waals surface area contributed by atoms with Gasteiger partial charge in [-0.05, 0) is 43.5 Å². The molecule has 0 amide bonds. The number of hydrogen-bond donors (Lipinski definition) is 1. The Bertz CT molecular complexity index is 1010. The number of allylic oxidation sites excluding steroid dienone is 1. The van der Waals surface area contributed by atoms with Gasteiger partial charge >= 0.3 is 0 Å². The van der Waals surface area contributed by atoms with Crippen LogP contribution in [0.4, 0.5) is 0 Å². The number of benzene rings is 2. The number of rotatable bonds is 3. The van der Waals surface area contributed by atoms with Gasteiger partial charge in [-0.1, -0.05) is 48.5 Å². The van der Waals surface area contributed by atoms with Crippen molar-refractivity contribution in [3.8, 4) is 11.1 Å². The van der Waals surface area contributed by atoms with Crippen LogP contribution in [0.1, 0.15) is 35.3 Å². The van der Waals surface area contributed by atoms with E-state index in [1.165, 1.54) is 5.56 Å². The second-order valence-electron chi connectivity index (χ2n) is 7.59. The smallest absolute Gasteiger partial charge is 0.187 e. The lowest BCUT2D eigenvalue weighted by molar-refractivity contribution is 0.104. The minimum Gasteiger partial charge on any atom is -0.379 e. The normalized spacial score (nSPS) is 16.4. The van der Waals surface area contributed by atoms with Crippen molar-refractivity contribution in [2.24, 2.45) is 0 Å². The molecule has 2 heterocycles. The van der Waals surface area contributed by atoms with Crippen molar-refractivity contribution in [2.75, 3.05) is 0 Å². The minimum atomic E-state index is -0.106. The van der Waals surface area contributed by atoms with Crippen LogP contribution < -0.4 is 5.32 Å². The third-order valence-electron chi connectivity index (χ3n) is 4.83. The van der Waals surface area contributed by atoms with Crippen molar-refractivity contribution in [1.82, 2.24) is 10.3 Å². The highest BCUT2D eigenvalue weighted by Gasteiger charge is 2.28. The summed E-state index contributed by atoms with van der Waals surface area (Å²) in [5.74, 6) is 0.00790. The summed E-state index contributed by atoms with van der Waals surface area (Å²) in [6.07, 6.45) is 6.27. The molecule has 0 bridgehead atoms. The monoisotopic (exact) mass is 354 g/mol. The molecule has 2 aromatic carbocycles. The number of nitrogens with zero attached hydrogens (tertiary/aromatic N) is 1. The highest BCUT2D eigenvalue weighted by Crippen LogP contribution is 2.33. The molecule has 3 aromatic rings. The van der Waals surface area contributed by atoms with Gasteiger partial charge < -0.3 is 5.32 Å². The minimum absolute atomic E-state index is 0.00790. The molecule has 0 fully saturated rings. The van der Waals surface area contributed by atoms with Crippen molar-refractivity contribution in [2.45, 2.75) is 25.8 Å². The number of fused-ring (bicyclic) bond motifs is 1. The number of carbonyl (C=O) groups is 1. The molecule has 0 radical (unpaired) electrons. The van der Waals surface area contributed by atoms with Crippen LogP contribution in [0.2, 0.25) is 0 Å². The average molecular weight is 354 g/mol. The molecule has 1 aliphatic heterocycles. The Morgan fingerprint density at radius 2 is 1.85 bits per heavy atom. The van der Waals surface area contributed by atoms with Crippen molar-refractivity contribution in [3.05, 3.63) is 95.8 Å². The van der Waals surface area contributed by atoms with E-state index in [-0.39, 0.29) is 11.3 Å². The van der Waals surface area contributed by atoms with E-state index in [9.17, 15) is 4.79 Å². The zero-order chi connectivity index (χ0) is 18.9. The van der Waals surface area contributed by atoms with Crippen molar-refractivity contribution >= 4 is 11.5 Å². The van der Waals surface area contributed by atoms with Crippen LogP contribution in [0.15, 0.2) is 79.1 Å². The summed E-state index contributed by atoms with van der Waals surface area (Å²) >= 11 is 0. The highest BCUT2D eigenvalue weighted by atomic mass is 16.1. The van der Waals surface area contributed by atoms with Gasteiger partial charge in [0.15, 0.2) is 5.78 Å².